The largest absolute Gasteiger partial charge is 0.371 e. The topological polar surface area (TPSA) is 54.0 Å². The number of aryl methyl sites for hydroxylation is 1. The quantitative estimate of drug-likeness (QED) is 0.676. The second-order valence-corrected chi connectivity index (χ2v) is 8.58. The maximum atomic E-state index is 13.6. The minimum atomic E-state index is -0.537. The van der Waals surface area contributed by atoms with E-state index in [0.29, 0.717) is 5.92 Å². The lowest BCUT2D eigenvalue weighted by Gasteiger charge is -2.39. The van der Waals surface area contributed by atoms with Crippen molar-refractivity contribution in [3.63, 3.8) is 0 Å². The number of nitrogens with one attached hydrogen (secondary N) is 2. The molecule has 3 rings (SSSR count). The van der Waals surface area contributed by atoms with Gasteiger partial charge in [-0.2, -0.15) is 0 Å². The van der Waals surface area contributed by atoms with E-state index in [4.69, 9.17) is 0 Å². The van der Waals surface area contributed by atoms with Crippen molar-refractivity contribution in [3.8, 4) is 0 Å². The van der Waals surface area contributed by atoms with Gasteiger partial charge in [0.1, 0.15) is 5.54 Å². The number of hydrogen-bond donors (Lipinski definition) is 2. The molecule has 150 valence electrons. The van der Waals surface area contributed by atoms with Crippen molar-refractivity contribution in [3.05, 3.63) is 59.9 Å². The number of rotatable bonds is 7. The van der Waals surface area contributed by atoms with Crippen LogP contribution < -0.4 is 10.6 Å². The number of hydrogen-bond acceptors (Lipinski definition) is 3. The Labute approximate surface area is 169 Å². The molecule has 0 aliphatic heterocycles. The average Bonchev–Trinajstić information content (AvgIpc) is 2.70. The van der Waals surface area contributed by atoms with Crippen LogP contribution in [0, 0.1) is 12.8 Å². The van der Waals surface area contributed by atoms with Crippen LogP contribution in [0.2, 0.25) is 0 Å². The third-order valence-corrected chi connectivity index (χ3v) is 5.68. The molecule has 1 unspecified atom stereocenters. The molecule has 1 aromatic heterocycles. The van der Waals surface area contributed by atoms with Crippen molar-refractivity contribution >= 4 is 11.6 Å². The predicted molar refractivity (Wildman–Crippen MR) is 115 cm³/mol. The Morgan fingerprint density at radius 3 is 2.43 bits per heavy atom. The molecular weight excluding hydrogens is 346 g/mol. The van der Waals surface area contributed by atoms with Gasteiger partial charge in [-0.25, -0.2) is 0 Å². The first kappa shape index (κ1) is 20.4. The van der Waals surface area contributed by atoms with Gasteiger partial charge in [0.15, 0.2) is 0 Å². The summed E-state index contributed by atoms with van der Waals surface area (Å²) in [5.74, 6) is 0.597. The normalized spacial score (nSPS) is 17.1. The third-order valence-electron chi connectivity index (χ3n) is 5.68. The van der Waals surface area contributed by atoms with E-state index >= 15 is 0 Å². The monoisotopic (exact) mass is 379 g/mol. The van der Waals surface area contributed by atoms with Crippen LogP contribution in [0.15, 0.2) is 48.8 Å². The fraction of sp³-hybridized carbons (Fsp3) is 0.500. The van der Waals surface area contributed by atoms with Crippen molar-refractivity contribution in [2.45, 2.75) is 70.9 Å². The summed E-state index contributed by atoms with van der Waals surface area (Å²) in [6, 6.07) is 12.3. The summed E-state index contributed by atoms with van der Waals surface area (Å²) in [5, 5.41) is 6.97. The Bertz CT molecular complexity index is 749. The average molecular weight is 380 g/mol. The van der Waals surface area contributed by atoms with Gasteiger partial charge in [0.25, 0.3) is 0 Å². The summed E-state index contributed by atoms with van der Waals surface area (Å²) in [5.41, 5.74) is 2.78. The van der Waals surface area contributed by atoms with Gasteiger partial charge in [-0.3, -0.25) is 9.78 Å². The van der Waals surface area contributed by atoms with Crippen LogP contribution in [-0.4, -0.2) is 16.4 Å². The standard InChI is InChI=1S/C24H33N3O/c1-18(2)16-22(20-8-7-15-25-17-20)26-23(28)24(13-5-4-6-14-24)27-21-11-9-19(3)10-12-21/h7-12,15,17-18,22,27H,4-6,13-14,16H2,1-3H3,(H,26,28). The molecular formula is C24H33N3O. The number of benzene rings is 1. The number of anilines is 1. The van der Waals surface area contributed by atoms with E-state index in [1.54, 1.807) is 6.20 Å². The molecule has 1 saturated carbocycles. The van der Waals surface area contributed by atoms with Crippen molar-refractivity contribution in [1.29, 1.82) is 0 Å². The zero-order valence-electron chi connectivity index (χ0n) is 17.4. The van der Waals surface area contributed by atoms with Gasteiger partial charge in [-0.05, 0) is 55.9 Å². The Kier molecular flexibility index (Phi) is 6.71. The third kappa shape index (κ3) is 5.12. The second kappa shape index (κ2) is 9.22. The van der Waals surface area contributed by atoms with Gasteiger partial charge in [-0.15, -0.1) is 0 Å². The van der Waals surface area contributed by atoms with Crippen LogP contribution in [0.1, 0.15) is 69.5 Å². The van der Waals surface area contributed by atoms with E-state index < -0.39 is 5.54 Å². The van der Waals surface area contributed by atoms with Gasteiger partial charge in [0, 0.05) is 18.1 Å². The summed E-state index contributed by atoms with van der Waals surface area (Å²) >= 11 is 0. The maximum Gasteiger partial charge on any atom is 0.246 e. The van der Waals surface area contributed by atoms with Crippen LogP contribution in [0.3, 0.4) is 0 Å². The molecule has 1 aromatic carbocycles. The lowest BCUT2D eigenvalue weighted by atomic mass is 9.80. The molecule has 1 fully saturated rings. The van der Waals surface area contributed by atoms with Gasteiger partial charge in [0.05, 0.1) is 6.04 Å². The minimum absolute atomic E-state index is 0.0141. The first-order valence-electron chi connectivity index (χ1n) is 10.5. The van der Waals surface area contributed by atoms with E-state index in [1.807, 2.05) is 12.3 Å². The smallest absolute Gasteiger partial charge is 0.246 e. The van der Waals surface area contributed by atoms with Crippen molar-refractivity contribution < 1.29 is 4.79 Å². The molecule has 1 heterocycles. The van der Waals surface area contributed by atoms with Gasteiger partial charge < -0.3 is 10.6 Å². The van der Waals surface area contributed by atoms with Crippen LogP contribution >= 0.6 is 0 Å². The maximum absolute atomic E-state index is 13.6. The van der Waals surface area contributed by atoms with Crippen molar-refractivity contribution in [2.75, 3.05) is 5.32 Å². The van der Waals surface area contributed by atoms with Crippen LogP contribution in [0.5, 0.6) is 0 Å². The van der Waals surface area contributed by atoms with E-state index in [2.05, 4.69) is 66.7 Å². The van der Waals surface area contributed by atoms with Gasteiger partial charge >= 0.3 is 0 Å². The molecule has 0 radical (unpaired) electrons. The Morgan fingerprint density at radius 1 is 1.11 bits per heavy atom. The van der Waals surface area contributed by atoms with Crippen molar-refractivity contribution in [1.82, 2.24) is 10.3 Å². The number of carbonyl (C=O) groups excluding carboxylic acids is 1. The van der Waals surface area contributed by atoms with E-state index in [9.17, 15) is 4.79 Å². The first-order chi connectivity index (χ1) is 13.5. The summed E-state index contributed by atoms with van der Waals surface area (Å²) < 4.78 is 0. The number of nitrogens with zero attached hydrogens (tertiary/aromatic N) is 1. The Balaban J connectivity index is 1.82. The summed E-state index contributed by atoms with van der Waals surface area (Å²) in [7, 11) is 0. The molecule has 4 heteroatoms. The minimum Gasteiger partial charge on any atom is -0.371 e. The zero-order valence-corrected chi connectivity index (χ0v) is 17.4. The van der Waals surface area contributed by atoms with Gasteiger partial charge in [-0.1, -0.05) is 56.9 Å². The van der Waals surface area contributed by atoms with Crippen LogP contribution in [0.4, 0.5) is 5.69 Å². The molecule has 0 spiro atoms. The first-order valence-corrected chi connectivity index (χ1v) is 10.5. The van der Waals surface area contributed by atoms with Crippen LogP contribution in [-0.2, 0) is 4.79 Å². The summed E-state index contributed by atoms with van der Waals surface area (Å²) in [4.78, 5) is 17.8. The molecule has 1 amide bonds. The fourth-order valence-electron chi connectivity index (χ4n) is 4.11. The highest BCUT2D eigenvalue weighted by molar-refractivity contribution is 5.90. The zero-order chi connectivity index (χ0) is 20.0. The molecule has 4 nitrogen and oxygen atoms in total. The summed E-state index contributed by atoms with van der Waals surface area (Å²) in [6.07, 6.45) is 9.64. The van der Waals surface area contributed by atoms with E-state index in [1.165, 1.54) is 12.0 Å². The molecule has 0 saturated heterocycles. The number of aromatic nitrogens is 1. The highest BCUT2D eigenvalue weighted by Crippen LogP contribution is 2.33. The molecule has 1 aliphatic carbocycles. The van der Waals surface area contributed by atoms with E-state index in [-0.39, 0.29) is 11.9 Å². The lowest BCUT2D eigenvalue weighted by Crippen LogP contribution is -2.54. The SMILES string of the molecule is Cc1ccc(NC2(C(=O)NC(CC(C)C)c3cccnc3)CCCCC2)cc1. The number of carbonyl (C=O) groups is 1. The van der Waals surface area contributed by atoms with Crippen molar-refractivity contribution in [2.24, 2.45) is 5.92 Å². The predicted octanol–water partition coefficient (Wildman–Crippen LogP) is 5.41. The van der Waals surface area contributed by atoms with Crippen LogP contribution in [0.25, 0.3) is 0 Å². The van der Waals surface area contributed by atoms with Gasteiger partial charge in [0.2, 0.25) is 5.91 Å². The Morgan fingerprint density at radius 2 is 1.82 bits per heavy atom. The second-order valence-electron chi connectivity index (χ2n) is 8.58. The lowest BCUT2D eigenvalue weighted by molar-refractivity contribution is -0.127. The highest BCUT2D eigenvalue weighted by atomic mass is 16.2. The molecule has 1 atom stereocenters. The van der Waals surface area contributed by atoms with E-state index in [0.717, 1.165) is 43.4 Å². The summed E-state index contributed by atoms with van der Waals surface area (Å²) in [6.45, 7) is 6.46. The molecule has 2 N–H and O–H groups in total. The molecule has 0 bridgehead atoms. The number of pyridine rings is 1. The Hall–Kier alpha value is -2.36. The number of amides is 1. The fourth-order valence-corrected chi connectivity index (χ4v) is 4.11. The highest BCUT2D eigenvalue weighted by Gasteiger charge is 2.40. The molecule has 28 heavy (non-hydrogen) atoms. The molecule has 2 aromatic rings. The molecule has 1 aliphatic rings.